The second-order valence-corrected chi connectivity index (χ2v) is 8.64. The summed E-state index contributed by atoms with van der Waals surface area (Å²) in [6, 6.07) is 0. The van der Waals surface area contributed by atoms with Crippen LogP contribution in [0.3, 0.4) is 0 Å². The molecule has 0 rings (SSSR count). The molecular weight excluding hydrogens is 376 g/mol. The normalized spacial score (nSPS) is 12.1. The molecule has 0 saturated heterocycles. The molecule has 0 atom stereocenters. The van der Waals surface area contributed by atoms with Gasteiger partial charge in [0.2, 0.25) is 0 Å². The molecule has 0 fully saturated rings. The quantitative estimate of drug-likeness (QED) is 0.228. The van der Waals surface area contributed by atoms with Crippen LogP contribution in [0.25, 0.3) is 0 Å². The number of carboxylic acid groups (broad SMARTS) is 1. The molecule has 170 valence electrons. The van der Waals surface area contributed by atoms with Gasteiger partial charge in [-0.1, -0.05) is 26.7 Å². The summed E-state index contributed by atoms with van der Waals surface area (Å²) >= 11 is 0. The number of aliphatic carboxylic acids is 1. The van der Waals surface area contributed by atoms with Crippen LogP contribution in [-0.4, -0.2) is 49.4 Å². The van der Waals surface area contributed by atoms with E-state index in [1.165, 1.54) is 0 Å². The molecule has 0 amide bonds. The maximum atomic E-state index is 12.3. The van der Waals surface area contributed by atoms with Crippen LogP contribution in [0.15, 0.2) is 0 Å². The van der Waals surface area contributed by atoms with Gasteiger partial charge in [0.25, 0.3) is 0 Å². The topological polar surface area (TPSA) is 99.1 Å². The number of rotatable bonds is 16. The summed E-state index contributed by atoms with van der Waals surface area (Å²) in [5, 5.41) is 9.08. The maximum Gasteiger partial charge on any atom is 0.320 e. The Morgan fingerprint density at radius 1 is 0.793 bits per heavy atom. The molecule has 0 aromatic rings. The van der Waals surface area contributed by atoms with E-state index in [1.807, 2.05) is 13.8 Å². The zero-order chi connectivity index (χ0) is 22.5. The molecule has 0 aliphatic rings. The van der Waals surface area contributed by atoms with Crippen molar-refractivity contribution in [1.82, 2.24) is 0 Å². The zero-order valence-electron chi connectivity index (χ0n) is 19.0. The van der Waals surface area contributed by atoms with E-state index in [4.69, 9.17) is 19.3 Å². The van der Waals surface area contributed by atoms with E-state index >= 15 is 0 Å². The average molecular weight is 417 g/mol. The molecular formula is C22H40O7. The van der Waals surface area contributed by atoms with E-state index in [-0.39, 0.29) is 13.2 Å². The number of carboxylic acids is 1. The van der Waals surface area contributed by atoms with Gasteiger partial charge in [0, 0.05) is 13.2 Å². The monoisotopic (exact) mass is 416 g/mol. The first-order valence-corrected chi connectivity index (χ1v) is 10.6. The van der Waals surface area contributed by atoms with Crippen molar-refractivity contribution in [2.24, 2.45) is 16.7 Å². The van der Waals surface area contributed by atoms with Crippen LogP contribution in [0.5, 0.6) is 0 Å². The largest absolute Gasteiger partial charge is 0.481 e. The first kappa shape index (κ1) is 27.4. The van der Waals surface area contributed by atoms with Gasteiger partial charge >= 0.3 is 17.9 Å². The van der Waals surface area contributed by atoms with Crippen molar-refractivity contribution in [3.05, 3.63) is 0 Å². The minimum atomic E-state index is -0.930. The first-order valence-electron chi connectivity index (χ1n) is 10.6. The molecule has 0 heterocycles. The molecule has 7 heteroatoms. The molecule has 0 aromatic carbocycles. The van der Waals surface area contributed by atoms with E-state index < -0.39 is 34.7 Å². The fourth-order valence-electron chi connectivity index (χ4n) is 3.09. The Balaban J connectivity index is 4.23. The minimum Gasteiger partial charge on any atom is -0.481 e. The van der Waals surface area contributed by atoms with Gasteiger partial charge in [-0.15, -0.1) is 0 Å². The van der Waals surface area contributed by atoms with Gasteiger partial charge < -0.3 is 19.3 Å². The number of carbonyl (C=O) groups excluding carboxylic acids is 2. The number of ether oxygens (including phenoxy) is 3. The summed E-state index contributed by atoms with van der Waals surface area (Å²) in [6.45, 7) is 12.3. The number of hydrogen-bond donors (Lipinski definition) is 1. The Bertz CT molecular complexity index is 493. The fraction of sp³-hybridized carbons (Fsp3) is 0.864. The summed E-state index contributed by atoms with van der Waals surface area (Å²) in [4.78, 5) is 35.6. The summed E-state index contributed by atoms with van der Waals surface area (Å²) in [7, 11) is 0. The third kappa shape index (κ3) is 10.6. The highest BCUT2D eigenvalue weighted by Crippen LogP contribution is 2.34. The molecule has 0 saturated carbocycles. The van der Waals surface area contributed by atoms with Crippen molar-refractivity contribution in [3.8, 4) is 0 Å². The number of hydrogen-bond acceptors (Lipinski definition) is 6. The Morgan fingerprint density at radius 2 is 1.24 bits per heavy atom. The number of carbonyl (C=O) groups is 3. The molecule has 29 heavy (non-hydrogen) atoms. The molecule has 1 N–H and O–H groups in total. The van der Waals surface area contributed by atoms with Crippen LogP contribution in [0.4, 0.5) is 0 Å². The molecule has 0 spiro atoms. The maximum absolute atomic E-state index is 12.3. The van der Waals surface area contributed by atoms with Crippen LogP contribution in [0.1, 0.15) is 80.1 Å². The van der Waals surface area contributed by atoms with E-state index in [1.54, 1.807) is 27.7 Å². The van der Waals surface area contributed by atoms with Crippen molar-refractivity contribution < 1.29 is 33.7 Å². The molecule has 7 nitrogen and oxygen atoms in total. The van der Waals surface area contributed by atoms with Gasteiger partial charge in [0.05, 0.1) is 18.6 Å². The zero-order valence-corrected chi connectivity index (χ0v) is 19.0. The van der Waals surface area contributed by atoms with E-state index in [9.17, 15) is 14.4 Å². The summed E-state index contributed by atoms with van der Waals surface area (Å²) in [6.07, 6.45) is 4.58. The Labute approximate surface area is 175 Å². The lowest BCUT2D eigenvalue weighted by Crippen LogP contribution is -2.39. The molecule has 0 aliphatic carbocycles. The van der Waals surface area contributed by atoms with E-state index in [2.05, 4.69) is 0 Å². The van der Waals surface area contributed by atoms with Crippen molar-refractivity contribution in [3.63, 3.8) is 0 Å². The fourth-order valence-corrected chi connectivity index (χ4v) is 3.09. The lowest BCUT2D eigenvalue weighted by molar-refractivity contribution is -0.167. The second kappa shape index (κ2) is 13.6. The summed E-state index contributed by atoms with van der Waals surface area (Å²) in [5.41, 5.74) is -1.26. The van der Waals surface area contributed by atoms with Gasteiger partial charge in [-0.05, 0) is 58.8 Å². The summed E-state index contributed by atoms with van der Waals surface area (Å²) in [5.74, 6) is -2.76. The molecule has 0 bridgehead atoms. The van der Waals surface area contributed by atoms with Crippen molar-refractivity contribution in [1.29, 1.82) is 0 Å². The summed E-state index contributed by atoms with van der Waals surface area (Å²) < 4.78 is 15.8. The highest BCUT2D eigenvalue weighted by Gasteiger charge is 2.42. The highest BCUT2D eigenvalue weighted by atomic mass is 16.6. The van der Waals surface area contributed by atoms with Crippen molar-refractivity contribution in [2.75, 3.05) is 26.4 Å². The van der Waals surface area contributed by atoms with E-state index in [0.717, 1.165) is 25.7 Å². The lowest BCUT2D eigenvalue weighted by atomic mass is 9.75. The smallest absolute Gasteiger partial charge is 0.320 e. The third-order valence-corrected chi connectivity index (χ3v) is 5.11. The van der Waals surface area contributed by atoms with Crippen LogP contribution in [0.2, 0.25) is 0 Å². The Hall–Kier alpha value is -1.63. The lowest BCUT2D eigenvalue weighted by Gasteiger charge is -2.31. The molecule has 0 radical (unpaired) electrons. The minimum absolute atomic E-state index is 0.225. The van der Waals surface area contributed by atoms with Gasteiger partial charge in [-0.25, -0.2) is 0 Å². The molecule has 0 aliphatic heterocycles. The predicted octanol–water partition coefficient (Wildman–Crippen LogP) is 4.22. The Morgan fingerprint density at radius 3 is 1.66 bits per heavy atom. The average Bonchev–Trinajstić information content (AvgIpc) is 2.60. The second-order valence-electron chi connectivity index (χ2n) is 8.64. The van der Waals surface area contributed by atoms with Gasteiger partial charge in [-0.3, -0.25) is 14.4 Å². The van der Waals surface area contributed by atoms with Gasteiger partial charge in [0.1, 0.15) is 0 Å². The molecule has 0 aromatic heterocycles. The third-order valence-electron chi connectivity index (χ3n) is 5.11. The number of esters is 2. The Kier molecular flexibility index (Phi) is 12.8. The van der Waals surface area contributed by atoms with Gasteiger partial charge in [0.15, 0.2) is 5.92 Å². The molecule has 0 unspecified atom stereocenters. The van der Waals surface area contributed by atoms with Crippen LogP contribution >= 0.6 is 0 Å². The van der Waals surface area contributed by atoms with Crippen LogP contribution in [-0.2, 0) is 28.6 Å². The van der Waals surface area contributed by atoms with Crippen molar-refractivity contribution in [2.45, 2.75) is 80.1 Å². The van der Waals surface area contributed by atoms with Crippen molar-refractivity contribution >= 4 is 17.9 Å². The SMILES string of the molecule is CCOC(=O)C(C(=O)OCC)C(C)(C)CCCCOCCCCC(C)(C)C(=O)O. The van der Waals surface area contributed by atoms with Crippen LogP contribution < -0.4 is 0 Å². The van der Waals surface area contributed by atoms with E-state index in [0.29, 0.717) is 26.1 Å². The standard InChI is InChI=1S/C22H40O7/c1-7-28-18(23)17(19(24)29-8-2)21(3,4)13-9-11-15-27-16-12-10-14-22(5,6)20(25)26/h17H,7-16H2,1-6H3,(H,25,26). The first-order chi connectivity index (χ1) is 13.5. The number of unbranched alkanes of at least 4 members (excludes halogenated alkanes) is 2. The predicted molar refractivity (Wildman–Crippen MR) is 110 cm³/mol. The van der Waals surface area contributed by atoms with Crippen LogP contribution in [0, 0.1) is 16.7 Å². The highest BCUT2D eigenvalue weighted by molar-refractivity contribution is 5.95. The van der Waals surface area contributed by atoms with Gasteiger partial charge in [-0.2, -0.15) is 0 Å².